The third kappa shape index (κ3) is 2.93. The van der Waals surface area contributed by atoms with Gasteiger partial charge in [0.15, 0.2) is 5.82 Å². The van der Waals surface area contributed by atoms with Gasteiger partial charge in [-0.25, -0.2) is 9.48 Å². The summed E-state index contributed by atoms with van der Waals surface area (Å²) in [5.74, 6) is 0.469. The van der Waals surface area contributed by atoms with Crippen LogP contribution in [0.15, 0.2) is 29.2 Å². The van der Waals surface area contributed by atoms with Crippen LogP contribution in [-0.4, -0.2) is 31.8 Å². The molecule has 106 valence electrons. The van der Waals surface area contributed by atoms with Crippen molar-refractivity contribution in [2.24, 2.45) is 7.05 Å². The molecular weight excluding hydrogens is 258 g/mol. The summed E-state index contributed by atoms with van der Waals surface area (Å²) in [5, 5.41) is 6.97. The number of hydrogen-bond donors (Lipinski definition) is 1. The van der Waals surface area contributed by atoms with E-state index in [1.165, 1.54) is 9.25 Å². The van der Waals surface area contributed by atoms with E-state index in [9.17, 15) is 9.59 Å². The average Bonchev–Trinajstić information content (AvgIpc) is 2.76. The molecule has 2 heterocycles. The summed E-state index contributed by atoms with van der Waals surface area (Å²) in [7, 11) is 1.65. The highest BCUT2D eigenvalue weighted by Crippen LogP contribution is 2.09. The SMILES string of the molecule is CCC(=O)NCCn1nc(-c2ccccn2)n(C)c1=O. The van der Waals surface area contributed by atoms with Gasteiger partial charge in [0.25, 0.3) is 0 Å². The van der Waals surface area contributed by atoms with Gasteiger partial charge >= 0.3 is 5.69 Å². The smallest absolute Gasteiger partial charge is 0.346 e. The van der Waals surface area contributed by atoms with Crippen LogP contribution in [0.3, 0.4) is 0 Å². The number of carbonyl (C=O) groups is 1. The second-order valence-electron chi connectivity index (χ2n) is 4.31. The Hall–Kier alpha value is -2.44. The molecule has 0 saturated heterocycles. The molecule has 2 rings (SSSR count). The molecule has 0 aliphatic rings. The second-order valence-corrected chi connectivity index (χ2v) is 4.31. The van der Waals surface area contributed by atoms with Gasteiger partial charge in [0.2, 0.25) is 5.91 Å². The standard InChI is InChI=1S/C13H17N5O2/c1-3-11(19)15-8-9-18-13(20)17(2)12(16-18)10-6-4-5-7-14-10/h4-7H,3,8-9H2,1-2H3,(H,15,19). The fraction of sp³-hybridized carbons (Fsp3) is 0.385. The van der Waals surface area contributed by atoms with Gasteiger partial charge in [-0.2, -0.15) is 0 Å². The molecule has 0 saturated carbocycles. The van der Waals surface area contributed by atoms with E-state index in [-0.39, 0.29) is 11.6 Å². The summed E-state index contributed by atoms with van der Waals surface area (Å²) in [6.07, 6.45) is 2.08. The number of hydrogen-bond acceptors (Lipinski definition) is 4. The maximum Gasteiger partial charge on any atom is 0.346 e. The Balaban J connectivity index is 2.16. The van der Waals surface area contributed by atoms with Crippen molar-refractivity contribution in [2.75, 3.05) is 6.54 Å². The van der Waals surface area contributed by atoms with Crippen molar-refractivity contribution in [3.8, 4) is 11.5 Å². The van der Waals surface area contributed by atoms with Crippen molar-refractivity contribution in [3.63, 3.8) is 0 Å². The van der Waals surface area contributed by atoms with Gasteiger partial charge in [-0.3, -0.25) is 14.3 Å². The van der Waals surface area contributed by atoms with Crippen LogP contribution in [0.2, 0.25) is 0 Å². The zero-order valence-corrected chi connectivity index (χ0v) is 11.5. The summed E-state index contributed by atoms with van der Waals surface area (Å²) in [6.45, 7) is 2.50. The minimum absolute atomic E-state index is 0.0427. The van der Waals surface area contributed by atoms with E-state index >= 15 is 0 Å². The van der Waals surface area contributed by atoms with Crippen LogP contribution in [0, 0.1) is 0 Å². The van der Waals surface area contributed by atoms with Crippen LogP contribution in [-0.2, 0) is 18.4 Å². The molecule has 0 bridgehead atoms. The predicted molar refractivity (Wildman–Crippen MR) is 74.0 cm³/mol. The zero-order chi connectivity index (χ0) is 14.5. The van der Waals surface area contributed by atoms with Crippen molar-refractivity contribution in [1.29, 1.82) is 0 Å². The van der Waals surface area contributed by atoms with E-state index in [1.807, 2.05) is 6.07 Å². The third-order valence-corrected chi connectivity index (χ3v) is 2.90. The Morgan fingerprint density at radius 2 is 2.20 bits per heavy atom. The molecule has 20 heavy (non-hydrogen) atoms. The van der Waals surface area contributed by atoms with E-state index in [0.29, 0.717) is 31.0 Å². The molecule has 0 fully saturated rings. The monoisotopic (exact) mass is 275 g/mol. The second kappa shape index (κ2) is 6.14. The molecule has 0 spiro atoms. The largest absolute Gasteiger partial charge is 0.354 e. The number of pyridine rings is 1. The van der Waals surface area contributed by atoms with Crippen LogP contribution in [0.5, 0.6) is 0 Å². The van der Waals surface area contributed by atoms with Crippen molar-refractivity contribution in [1.82, 2.24) is 24.6 Å². The van der Waals surface area contributed by atoms with Crippen LogP contribution >= 0.6 is 0 Å². The van der Waals surface area contributed by atoms with Crippen molar-refractivity contribution < 1.29 is 4.79 Å². The lowest BCUT2D eigenvalue weighted by molar-refractivity contribution is -0.120. The van der Waals surface area contributed by atoms with E-state index < -0.39 is 0 Å². The van der Waals surface area contributed by atoms with Gasteiger partial charge in [-0.05, 0) is 12.1 Å². The summed E-state index contributed by atoms with van der Waals surface area (Å²) in [4.78, 5) is 27.4. The first-order valence-corrected chi connectivity index (χ1v) is 6.45. The first-order valence-electron chi connectivity index (χ1n) is 6.45. The van der Waals surface area contributed by atoms with Crippen molar-refractivity contribution >= 4 is 5.91 Å². The van der Waals surface area contributed by atoms with Gasteiger partial charge in [0.05, 0.1) is 6.54 Å². The average molecular weight is 275 g/mol. The van der Waals surface area contributed by atoms with Crippen LogP contribution in [0.1, 0.15) is 13.3 Å². The van der Waals surface area contributed by atoms with E-state index in [4.69, 9.17) is 0 Å². The van der Waals surface area contributed by atoms with Gasteiger partial charge in [-0.1, -0.05) is 13.0 Å². The lowest BCUT2D eigenvalue weighted by Crippen LogP contribution is -2.31. The summed E-state index contributed by atoms with van der Waals surface area (Å²) in [5.41, 5.74) is 0.417. The molecule has 7 nitrogen and oxygen atoms in total. The Morgan fingerprint density at radius 1 is 1.40 bits per heavy atom. The first-order chi connectivity index (χ1) is 9.63. The Bertz CT molecular complexity index is 645. The Kier molecular flexibility index (Phi) is 4.29. The van der Waals surface area contributed by atoms with Crippen LogP contribution in [0.4, 0.5) is 0 Å². The molecule has 1 N–H and O–H groups in total. The first kappa shape index (κ1) is 14.0. The summed E-state index contributed by atoms with van der Waals surface area (Å²) < 4.78 is 2.78. The number of nitrogens with zero attached hydrogens (tertiary/aromatic N) is 4. The molecule has 0 atom stereocenters. The normalized spacial score (nSPS) is 10.5. The van der Waals surface area contributed by atoms with Crippen molar-refractivity contribution in [2.45, 2.75) is 19.9 Å². The lowest BCUT2D eigenvalue weighted by Gasteiger charge is -2.02. The maximum atomic E-state index is 12.0. The summed E-state index contributed by atoms with van der Waals surface area (Å²) in [6, 6.07) is 5.44. The topological polar surface area (TPSA) is 81.8 Å². The highest BCUT2D eigenvalue weighted by Gasteiger charge is 2.12. The number of carbonyl (C=O) groups excluding carboxylic acids is 1. The van der Waals surface area contributed by atoms with Gasteiger partial charge < -0.3 is 5.32 Å². The lowest BCUT2D eigenvalue weighted by atomic mass is 10.3. The predicted octanol–water partition coefficient (Wildman–Crippen LogP) is 0.170. The summed E-state index contributed by atoms with van der Waals surface area (Å²) >= 11 is 0. The highest BCUT2D eigenvalue weighted by molar-refractivity contribution is 5.75. The van der Waals surface area contributed by atoms with Gasteiger partial charge in [-0.15, -0.1) is 5.10 Å². The molecule has 1 amide bonds. The molecule has 0 unspecified atom stereocenters. The third-order valence-electron chi connectivity index (χ3n) is 2.90. The molecule has 2 aromatic rings. The fourth-order valence-corrected chi connectivity index (χ4v) is 1.78. The Labute approximate surface area is 116 Å². The fourth-order valence-electron chi connectivity index (χ4n) is 1.78. The number of rotatable bonds is 5. The number of aromatic nitrogens is 4. The molecule has 0 aliphatic carbocycles. The minimum atomic E-state index is -0.226. The maximum absolute atomic E-state index is 12.0. The minimum Gasteiger partial charge on any atom is -0.354 e. The number of nitrogens with one attached hydrogen (secondary N) is 1. The molecule has 0 aromatic carbocycles. The van der Waals surface area contributed by atoms with Crippen LogP contribution < -0.4 is 11.0 Å². The number of amides is 1. The highest BCUT2D eigenvalue weighted by atomic mass is 16.2. The van der Waals surface area contributed by atoms with E-state index in [0.717, 1.165) is 0 Å². The quantitative estimate of drug-likeness (QED) is 0.843. The molecular formula is C13H17N5O2. The zero-order valence-electron chi connectivity index (χ0n) is 11.5. The van der Waals surface area contributed by atoms with Gasteiger partial charge in [0, 0.05) is 26.2 Å². The molecule has 7 heteroatoms. The van der Waals surface area contributed by atoms with Crippen molar-refractivity contribution in [3.05, 3.63) is 34.9 Å². The Morgan fingerprint density at radius 3 is 2.85 bits per heavy atom. The van der Waals surface area contributed by atoms with E-state index in [1.54, 1.807) is 32.3 Å². The molecule has 0 radical (unpaired) electrons. The molecule has 2 aromatic heterocycles. The van der Waals surface area contributed by atoms with Crippen LogP contribution in [0.25, 0.3) is 11.5 Å². The van der Waals surface area contributed by atoms with Gasteiger partial charge in [0.1, 0.15) is 5.69 Å². The molecule has 0 aliphatic heterocycles. The van der Waals surface area contributed by atoms with E-state index in [2.05, 4.69) is 15.4 Å².